The van der Waals surface area contributed by atoms with Crippen molar-refractivity contribution in [2.45, 2.75) is 6.92 Å². The van der Waals surface area contributed by atoms with Crippen LogP contribution in [0.4, 0.5) is 0 Å². The highest BCUT2D eigenvalue weighted by Crippen LogP contribution is 2.13. The number of ether oxygens (including phenoxy) is 1. The smallest absolute Gasteiger partial charge is 0.232 e. The quantitative estimate of drug-likeness (QED) is 0.408. The Morgan fingerprint density at radius 1 is 1.27 bits per heavy atom. The lowest BCUT2D eigenvalue weighted by atomic mass is 10.0. The molecule has 1 aliphatic carbocycles. The van der Waals surface area contributed by atoms with Crippen LogP contribution in [0, 0.1) is 0 Å². The van der Waals surface area contributed by atoms with Crippen molar-refractivity contribution in [3.8, 4) is 0 Å². The van der Waals surface area contributed by atoms with Crippen molar-refractivity contribution < 1.29 is 14.3 Å². The Kier molecular flexibility index (Phi) is 1.89. The van der Waals surface area contributed by atoms with Crippen LogP contribution in [0.25, 0.3) is 0 Å². The second-order valence-corrected chi connectivity index (χ2v) is 2.22. The lowest BCUT2D eigenvalue weighted by Gasteiger charge is -2.08. The Morgan fingerprint density at radius 2 is 1.91 bits per heavy atom. The number of carbonyl (C=O) groups is 2. The Hall–Kier alpha value is -1.38. The second-order valence-electron chi connectivity index (χ2n) is 2.22. The Bertz CT molecular complexity index is 271. The Morgan fingerprint density at radius 3 is 2.45 bits per heavy atom. The molecule has 0 unspecified atom stereocenters. The van der Waals surface area contributed by atoms with Gasteiger partial charge in [0.05, 0.1) is 7.11 Å². The molecule has 0 aromatic carbocycles. The molecule has 0 aliphatic heterocycles. The number of ketones is 2. The molecule has 0 fully saturated rings. The van der Waals surface area contributed by atoms with Crippen LogP contribution in [-0.2, 0) is 14.3 Å². The summed E-state index contributed by atoms with van der Waals surface area (Å²) in [6.45, 7) is 1.57. The van der Waals surface area contributed by atoms with E-state index in [1.165, 1.54) is 19.3 Å². The SMILES string of the molecule is COC1=C(C)C(=O)C(=O)C=C1. The fourth-order valence-electron chi connectivity index (χ4n) is 0.870. The zero-order chi connectivity index (χ0) is 8.43. The van der Waals surface area contributed by atoms with Crippen molar-refractivity contribution in [3.63, 3.8) is 0 Å². The molecule has 0 aromatic rings. The molecular formula is C8H8O3. The van der Waals surface area contributed by atoms with E-state index in [0.29, 0.717) is 11.3 Å². The third-order valence-corrected chi connectivity index (χ3v) is 1.54. The summed E-state index contributed by atoms with van der Waals surface area (Å²) in [5.41, 5.74) is 0.375. The largest absolute Gasteiger partial charge is 0.496 e. The van der Waals surface area contributed by atoms with E-state index in [1.807, 2.05) is 0 Å². The average molecular weight is 152 g/mol. The maximum atomic E-state index is 11.0. The van der Waals surface area contributed by atoms with Crippen molar-refractivity contribution in [2.24, 2.45) is 0 Å². The maximum absolute atomic E-state index is 11.0. The van der Waals surface area contributed by atoms with E-state index in [0.717, 1.165) is 0 Å². The molecule has 0 spiro atoms. The minimum absolute atomic E-state index is 0.375. The van der Waals surface area contributed by atoms with E-state index in [9.17, 15) is 9.59 Å². The Balaban J connectivity index is 3.06. The molecule has 3 nitrogen and oxygen atoms in total. The number of carbonyl (C=O) groups excluding carboxylic acids is 2. The molecule has 58 valence electrons. The van der Waals surface area contributed by atoms with Gasteiger partial charge < -0.3 is 4.74 Å². The highest BCUT2D eigenvalue weighted by atomic mass is 16.5. The van der Waals surface area contributed by atoms with Crippen molar-refractivity contribution >= 4 is 11.6 Å². The van der Waals surface area contributed by atoms with Gasteiger partial charge in [-0.2, -0.15) is 0 Å². The highest BCUT2D eigenvalue weighted by Gasteiger charge is 2.20. The van der Waals surface area contributed by atoms with Crippen LogP contribution in [-0.4, -0.2) is 18.7 Å². The van der Waals surface area contributed by atoms with Crippen LogP contribution in [0.2, 0.25) is 0 Å². The third kappa shape index (κ3) is 1.22. The first kappa shape index (κ1) is 7.72. The number of Topliss-reactive ketones (excluding diaryl/α,β-unsaturated/α-hetero) is 1. The predicted octanol–water partition coefficient (Wildman–Crippen LogP) is 0.615. The lowest BCUT2D eigenvalue weighted by molar-refractivity contribution is -0.131. The number of methoxy groups -OCH3 is 1. The monoisotopic (exact) mass is 152 g/mol. The molecule has 0 heterocycles. The molecule has 0 aromatic heterocycles. The van der Waals surface area contributed by atoms with Gasteiger partial charge in [-0.05, 0) is 19.1 Å². The first-order valence-corrected chi connectivity index (χ1v) is 3.18. The van der Waals surface area contributed by atoms with Crippen LogP contribution in [0.5, 0.6) is 0 Å². The standard InChI is InChI=1S/C8H8O3/c1-5-7(11-2)4-3-6(9)8(5)10/h3-4H,1-2H3. The molecule has 0 saturated carbocycles. The number of hydrogen-bond acceptors (Lipinski definition) is 3. The minimum Gasteiger partial charge on any atom is -0.496 e. The zero-order valence-electron chi connectivity index (χ0n) is 6.38. The summed E-state index contributed by atoms with van der Waals surface area (Å²) >= 11 is 0. The summed E-state index contributed by atoms with van der Waals surface area (Å²) in [6.07, 6.45) is 2.72. The van der Waals surface area contributed by atoms with E-state index >= 15 is 0 Å². The van der Waals surface area contributed by atoms with Gasteiger partial charge in [-0.15, -0.1) is 0 Å². The third-order valence-electron chi connectivity index (χ3n) is 1.54. The van der Waals surface area contributed by atoms with Crippen molar-refractivity contribution in [1.29, 1.82) is 0 Å². The molecule has 3 heteroatoms. The van der Waals surface area contributed by atoms with Gasteiger partial charge in [0.2, 0.25) is 11.6 Å². The molecule has 1 rings (SSSR count). The predicted molar refractivity (Wildman–Crippen MR) is 38.9 cm³/mol. The molecule has 11 heavy (non-hydrogen) atoms. The van der Waals surface area contributed by atoms with Gasteiger partial charge in [-0.1, -0.05) is 0 Å². The van der Waals surface area contributed by atoms with Gasteiger partial charge in [0.25, 0.3) is 0 Å². The number of rotatable bonds is 1. The minimum atomic E-state index is -0.483. The molecule has 0 atom stereocenters. The van der Waals surface area contributed by atoms with E-state index < -0.39 is 11.6 Å². The first-order chi connectivity index (χ1) is 5.16. The van der Waals surface area contributed by atoms with Gasteiger partial charge in [0.1, 0.15) is 5.76 Å². The van der Waals surface area contributed by atoms with Gasteiger partial charge in [0.15, 0.2) is 0 Å². The summed E-state index contributed by atoms with van der Waals surface area (Å²) < 4.78 is 4.84. The van der Waals surface area contributed by atoms with Crippen LogP contribution >= 0.6 is 0 Å². The fourth-order valence-corrected chi connectivity index (χ4v) is 0.870. The first-order valence-electron chi connectivity index (χ1n) is 3.18. The number of allylic oxidation sites excluding steroid dienone is 3. The molecule has 0 saturated heterocycles. The van der Waals surface area contributed by atoms with Crippen LogP contribution in [0.1, 0.15) is 6.92 Å². The summed E-state index contributed by atoms with van der Waals surface area (Å²) in [4.78, 5) is 21.7. The van der Waals surface area contributed by atoms with Crippen molar-refractivity contribution in [3.05, 3.63) is 23.5 Å². The Labute approximate surface area is 64.3 Å². The summed E-state index contributed by atoms with van der Waals surface area (Å²) in [5, 5.41) is 0. The number of hydrogen-bond donors (Lipinski definition) is 0. The van der Waals surface area contributed by atoms with Gasteiger partial charge >= 0.3 is 0 Å². The van der Waals surface area contributed by atoms with Gasteiger partial charge in [-0.3, -0.25) is 9.59 Å². The normalized spacial score (nSPS) is 17.6. The average Bonchev–Trinajstić information content (AvgIpc) is 2.01. The van der Waals surface area contributed by atoms with Gasteiger partial charge in [-0.25, -0.2) is 0 Å². The van der Waals surface area contributed by atoms with Crippen LogP contribution in [0.3, 0.4) is 0 Å². The molecule has 1 aliphatic rings. The molecular weight excluding hydrogens is 144 g/mol. The molecule has 0 amide bonds. The van der Waals surface area contributed by atoms with Crippen molar-refractivity contribution in [2.75, 3.05) is 7.11 Å². The van der Waals surface area contributed by atoms with Crippen LogP contribution < -0.4 is 0 Å². The molecule has 0 N–H and O–H groups in total. The molecule has 0 radical (unpaired) electrons. The lowest BCUT2D eigenvalue weighted by Crippen LogP contribution is -2.17. The van der Waals surface area contributed by atoms with E-state index in [1.54, 1.807) is 6.92 Å². The van der Waals surface area contributed by atoms with E-state index in [4.69, 9.17) is 4.74 Å². The molecule has 0 bridgehead atoms. The van der Waals surface area contributed by atoms with Crippen LogP contribution in [0.15, 0.2) is 23.5 Å². The van der Waals surface area contributed by atoms with E-state index in [2.05, 4.69) is 0 Å². The summed E-state index contributed by atoms with van der Waals surface area (Å²) in [5.74, 6) is -0.498. The highest BCUT2D eigenvalue weighted by molar-refractivity contribution is 6.48. The maximum Gasteiger partial charge on any atom is 0.232 e. The zero-order valence-corrected chi connectivity index (χ0v) is 6.38. The fraction of sp³-hybridized carbons (Fsp3) is 0.250. The summed E-state index contributed by atoms with van der Waals surface area (Å²) in [6, 6.07) is 0. The topological polar surface area (TPSA) is 43.4 Å². The second kappa shape index (κ2) is 2.70. The van der Waals surface area contributed by atoms with Gasteiger partial charge in [0, 0.05) is 5.57 Å². The van der Waals surface area contributed by atoms with Crippen molar-refractivity contribution in [1.82, 2.24) is 0 Å². The summed E-state index contributed by atoms with van der Waals surface area (Å²) in [7, 11) is 1.46. The van der Waals surface area contributed by atoms with E-state index in [-0.39, 0.29) is 0 Å².